The van der Waals surface area contributed by atoms with Gasteiger partial charge in [0.25, 0.3) is 0 Å². The molecule has 1 aliphatic carbocycles. The van der Waals surface area contributed by atoms with E-state index in [1.165, 1.54) is 6.07 Å². The Morgan fingerprint density at radius 2 is 2.05 bits per heavy atom. The number of aromatic carboxylic acids is 1. The summed E-state index contributed by atoms with van der Waals surface area (Å²) in [6, 6.07) is 2.97. The van der Waals surface area contributed by atoms with E-state index in [1.54, 1.807) is 6.07 Å². The predicted molar refractivity (Wildman–Crippen MR) is 66.0 cm³/mol. The summed E-state index contributed by atoms with van der Waals surface area (Å²) in [6.07, 6.45) is 1.69. The predicted octanol–water partition coefficient (Wildman–Crippen LogP) is 0.905. The van der Waals surface area contributed by atoms with Crippen LogP contribution in [0.4, 0.5) is 5.69 Å². The molecule has 0 aromatic carbocycles. The van der Waals surface area contributed by atoms with Gasteiger partial charge in [0.2, 0.25) is 5.91 Å². The molecule has 3 N–H and O–H groups in total. The highest BCUT2D eigenvalue weighted by molar-refractivity contribution is 6.06. The Bertz CT molecular complexity index is 562. The number of carbonyl (C=O) groups is 2. The number of aliphatic hydroxyl groups is 1. The van der Waals surface area contributed by atoms with Crippen molar-refractivity contribution in [2.45, 2.75) is 37.2 Å². The summed E-state index contributed by atoms with van der Waals surface area (Å²) in [6.45, 7) is 0. The summed E-state index contributed by atoms with van der Waals surface area (Å²) in [7, 11) is 0. The maximum atomic E-state index is 12.2. The van der Waals surface area contributed by atoms with E-state index in [2.05, 4.69) is 10.3 Å². The molecule has 1 aromatic heterocycles. The zero-order chi connectivity index (χ0) is 13.6. The van der Waals surface area contributed by atoms with Crippen LogP contribution in [0.25, 0.3) is 0 Å². The number of nitrogens with zero attached hydrogens (tertiary/aromatic N) is 1. The van der Waals surface area contributed by atoms with Crippen molar-refractivity contribution in [2.75, 3.05) is 5.32 Å². The molecule has 0 bridgehead atoms. The van der Waals surface area contributed by atoms with Crippen LogP contribution in [0.5, 0.6) is 0 Å². The van der Waals surface area contributed by atoms with E-state index in [1.807, 2.05) is 0 Å². The quantitative estimate of drug-likeness (QED) is 0.698. The van der Waals surface area contributed by atoms with Gasteiger partial charge >= 0.3 is 5.97 Å². The Labute approximate surface area is 109 Å². The monoisotopic (exact) mass is 262 g/mol. The van der Waals surface area contributed by atoms with Gasteiger partial charge in [0.1, 0.15) is 5.69 Å². The zero-order valence-electron chi connectivity index (χ0n) is 10.2. The number of rotatable bonds is 1. The number of hydrogen-bond donors (Lipinski definition) is 3. The molecule has 1 aliphatic heterocycles. The summed E-state index contributed by atoms with van der Waals surface area (Å²) in [5.74, 6) is -1.24. The maximum absolute atomic E-state index is 12.2. The molecular weight excluding hydrogens is 248 g/mol. The van der Waals surface area contributed by atoms with Gasteiger partial charge in [-0.15, -0.1) is 0 Å². The van der Waals surface area contributed by atoms with Crippen molar-refractivity contribution in [3.05, 3.63) is 23.5 Å². The second kappa shape index (κ2) is 4.03. The normalized spacial score (nSPS) is 29.1. The molecule has 1 saturated carbocycles. The topological polar surface area (TPSA) is 99.5 Å². The van der Waals surface area contributed by atoms with E-state index < -0.39 is 11.4 Å². The van der Waals surface area contributed by atoms with Gasteiger partial charge in [0.15, 0.2) is 0 Å². The first-order valence-corrected chi connectivity index (χ1v) is 6.27. The minimum absolute atomic E-state index is 0.0549. The number of aliphatic hydroxyl groups excluding tert-OH is 1. The summed E-state index contributed by atoms with van der Waals surface area (Å²) >= 11 is 0. The summed E-state index contributed by atoms with van der Waals surface area (Å²) in [4.78, 5) is 27.4. The second-order valence-electron chi connectivity index (χ2n) is 5.17. The first-order chi connectivity index (χ1) is 9.03. The van der Waals surface area contributed by atoms with Crippen LogP contribution in [0.3, 0.4) is 0 Å². The molecule has 1 amide bonds. The molecular formula is C13H14N2O4. The van der Waals surface area contributed by atoms with Crippen LogP contribution < -0.4 is 5.32 Å². The number of nitrogens with one attached hydrogen (secondary N) is 1. The smallest absolute Gasteiger partial charge is 0.354 e. The number of carboxylic acid groups (broad SMARTS) is 1. The number of anilines is 1. The van der Waals surface area contributed by atoms with E-state index >= 15 is 0 Å². The molecule has 100 valence electrons. The Morgan fingerprint density at radius 1 is 1.37 bits per heavy atom. The molecule has 0 atom stereocenters. The Balaban J connectivity index is 2.07. The molecule has 2 heterocycles. The Kier molecular flexibility index (Phi) is 2.56. The Hall–Kier alpha value is -1.95. The summed E-state index contributed by atoms with van der Waals surface area (Å²) in [5.41, 5.74) is 0.288. The first kappa shape index (κ1) is 12.1. The van der Waals surface area contributed by atoms with Gasteiger partial charge < -0.3 is 15.5 Å². The van der Waals surface area contributed by atoms with Crippen molar-refractivity contribution >= 4 is 17.6 Å². The third kappa shape index (κ3) is 1.71. The number of aromatic nitrogens is 1. The van der Waals surface area contributed by atoms with Crippen molar-refractivity contribution in [2.24, 2.45) is 0 Å². The number of carboxylic acids is 1. The number of fused-ring (bicyclic) bond motifs is 2. The highest BCUT2D eigenvalue weighted by Gasteiger charge is 2.50. The molecule has 0 radical (unpaired) electrons. The molecule has 0 unspecified atom stereocenters. The van der Waals surface area contributed by atoms with Gasteiger partial charge in [0, 0.05) is 0 Å². The van der Waals surface area contributed by atoms with Crippen LogP contribution in [0.15, 0.2) is 12.1 Å². The van der Waals surface area contributed by atoms with Crippen molar-refractivity contribution in [3.8, 4) is 0 Å². The number of hydrogen-bond acceptors (Lipinski definition) is 4. The molecule has 1 aromatic rings. The zero-order valence-corrected chi connectivity index (χ0v) is 10.2. The molecule has 3 rings (SSSR count). The molecule has 1 fully saturated rings. The van der Waals surface area contributed by atoms with E-state index in [0.717, 1.165) is 0 Å². The SMILES string of the molecule is O=C(O)c1ccc2c(n1)[C@]1(CC[C@H](O)CC1)C(=O)N2. The minimum atomic E-state index is -1.10. The van der Waals surface area contributed by atoms with Gasteiger partial charge in [-0.2, -0.15) is 0 Å². The van der Waals surface area contributed by atoms with Crippen LogP contribution in [0.1, 0.15) is 41.9 Å². The Morgan fingerprint density at radius 3 is 2.68 bits per heavy atom. The van der Waals surface area contributed by atoms with Crippen LogP contribution in [0.2, 0.25) is 0 Å². The van der Waals surface area contributed by atoms with Crippen LogP contribution >= 0.6 is 0 Å². The van der Waals surface area contributed by atoms with Gasteiger partial charge in [-0.3, -0.25) is 4.79 Å². The van der Waals surface area contributed by atoms with Crippen LogP contribution in [0, 0.1) is 0 Å². The maximum Gasteiger partial charge on any atom is 0.354 e. The fourth-order valence-electron chi connectivity index (χ4n) is 2.95. The molecule has 6 nitrogen and oxygen atoms in total. The van der Waals surface area contributed by atoms with Crippen LogP contribution in [-0.2, 0) is 10.2 Å². The summed E-state index contributed by atoms with van der Waals surface area (Å²) < 4.78 is 0. The molecule has 6 heteroatoms. The molecule has 1 spiro atoms. The van der Waals surface area contributed by atoms with E-state index in [9.17, 15) is 14.7 Å². The minimum Gasteiger partial charge on any atom is -0.477 e. The lowest BCUT2D eigenvalue weighted by Gasteiger charge is -2.32. The lowest BCUT2D eigenvalue weighted by atomic mass is 9.71. The van der Waals surface area contributed by atoms with Crippen molar-refractivity contribution in [1.29, 1.82) is 0 Å². The third-order valence-corrected chi connectivity index (χ3v) is 4.06. The van der Waals surface area contributed by atoms with Crippen LogP contribution in [-0.4, -0.2) is 33.2 Å². The van der Waals surface area contributed by atoms with Gasteiger partial charge in [-0.05, 0) is 37.8 Å². The average molecular weight is 262 g/mol. The number of amides is 1. The van der Waals surface area contributed by atoms with Gasteiger partial charge in [0.05, 0.1) is 22.9 Å². The fourth-order valence-corrected chi connectivity index (χ4v) is 2.95. The standard InChI is InChI=1S/C13H14N2O4/c16-7-3-5-13(6-4-7)10-8(15-12(13)19)1-2-9(14-10)11(17)18/h1-2,7,16H,3-6H2,(H,15,19)(H,17,18)/t7-,13+. The average Bonchev–Trinajstić information content (AvgIpc) is 2.65. The molecule has 19 heavy (non-hydrogen) atoms. The van der Waals surface area contributed by atoms with Crippen molar-refractivity contribution in [1.82, 2.24) is 4.98 Å². The number of pyridine rings is 1. The van der Waals surface area contributed by atoms with E-state index in [-0.39, 0.29) is 17.7 Å². The third-order valence-electron chi connectivity index (χ3n) is 4.06. The lowest BCUT2D eigenvalue weighted by Crippen LogP contribution is -2.40. The molecule has 0 saturated heterocycles. The highest BCUT2D eigenvalue weighted by atomic mass is 16.4. The van der Waals surface area contributed by atoms with Gasteiger partial charge in [-0.1, -0.05) is 0 Å². The largest absolute Gasteiger partial charge is 0.477 e. The number of carbonyl (C=O) groups excluding carboxylic acids is 1. The van der Waals surface area contributed by atoms with Gasteiger partial charge in [-0.25, -0.2) is 9.78 Å². The van der Waals surface area contributed by atoms with E-state index in [0.29, 0.717) is 37.1 Å². The van der Waals surface area contributed by atoms with Crippen molar-refractivity contribution in [3.63, 3.8) is 0 Å². The fraction of sp³-hybridized carbons (Fsp3) is 0.462. The lowest BCUT2D eigenvalue weighted by molar-refractivity contribution is -0.122. The second-order valence-corrected chi connectivity index (χ2v) is 5.17. The van der Waals surface area contributed by atoms with Crippen molar-refractivity contribution < 1.29 is 19.8 Å². The highest BCUT2D eigenvalue weighted by Crippen LogP contribution is 2.46. The van der Waals surface area contributed by atoms with E-state index in [4.69, 9.17) is 5.11 Å². The summed E-state index contributed by atoms with van der Waals surface area (Å²) in [5, 5.41) is 21.3. The first-order valence-electron chi connectivity index (χ1n) is 6.27. The molecule has 2 aliphatic rings.